The molecule has 0 fully saturated rings. The fourth-order valence-corrected chi connectivity index (χ4v) is 2.62. The van der Waals surface area contributed by atoms with Gasteiger partial charge in [-0.15, -0.1) is 11.3 Å². The Bertz CT molecular complexity index is 594. The maximum atomic E-state index is 13.5. The highest BCUT2D eigenvalue weighted by atomic mass is 32.1. The van der Waals surface area contributed by atoms with Gasteiger partial charge < -0.3 is 10.6 Å². The van der Waals surface area contributed by atoms with Crippen molar-refractivity contribution in [3.8, 4) is 0 Å². The van der Waals surface area contributed by atoms with Gasteiger partial charge in [0.05, 0.1) is 0 Å². The van der Waals surface area contributed by atoms with Crippen LogP contribution in [0.3, 0.4) is 0 Å². The van der Waals surface area contributed by atoms with Crippen molar-refractivity contribution in [2.75, 3.05) is 13.6 Å². The van der Waals surface area contributed by atoms with Gasteiger partial charge in [-0.1, -0.05) is 18.2 Å². The maximum absolute atomic E-state index is 13.5. The van der Waals surface area contributed by atoms with Crippen LogP contribution >= 0.6 is 11.3 Å². The third kappa shape index (κ3) is 4.86. The van der Waals surface area contributed by atoms with Crippen molar-refractivity contribution in [1.82, 2.24) is 10.6 Å². The molecule has 2 N–H and O–H groups in total. The van der Waals surface area contributed by atoms with E-state index in [2.05, 4.69) is 33.1 Å². The summed E-state index contributed by atoms with van der Waals surface area (Å²) in [6, 6.07) is 9.45. The van der Waals surface area contributed by atoms with E-state index in [-0.39, 0.29) is 5.82 Å². The number of thiophene rings is 1. The standard InChI is InChI=1S/C16H20FN3S/c1-12-5-6-13(10-15(12)17)11-20-16(18-2)19-8-7-14-4-3-9-21-14/h3-6,9-10H,7-8,11H2,1-2H3,(H2,18,19,20). The molecule has 3 nitrogen and oxygen atoms in total. The van der Waals surface area contributed by atoms with E-state index in [0.717, 1.165) is 24.5 Å². The molecule has 0 saturated heterocycles. The van der Waals surface area contributed by atoms with Crippen molar-refractivity contribution in [3.05, 3.63) is 57.5 Å². The summed E-state index contributed by atoms with van der Waals surface area (Å²) in [6.45, 7) is 3.13. The highest BCUT2D eigenvalue weighted by Gasteiger charge is 2.02. The van der Waals surface area contributed by atoms with E-state index in [0.29, 0.717) is 12.1 Å². The zero-order valence-electron chi connectivity index (χ0n) is 12.3. The van der Waals surface area contributed by atoms with Gasteiger partial charge in [0, 0.05) is 25.0 Å². The second-order valence-electron chi connectivity index (χ2n) is 4.77. The van der Waals surface area contributed by atoms with Gasteiger partial charge >= 0.3 is 0 Å². The SMILES string of the molecule is CN=C(NCCc1cccs1)NCc1ccc(C)c(F)c1. The Balaban J connectivity index is 1.78. The molecule has 5 heteroatoms. The first-order valence-electron chi connectivity index (χ1n) is 6.91. The van der Waals surface area contributed by atoms with E-state index in [1.54, 1.807) is 37.4 Å². The highest BCUT2D eigenvalue weighted by molar-refractivity contribution is 7.09. The van der Waals surface area contributed by atoms with Crippen molar-refractivity contribution in [1.29, 1.82) is 0 Å². The van der Waals surface area contributed by atoms with E-state index in [4.69, 9.17) is 0 Å². The van der Waals surface area contributed by atoms with Gasteiger partial charge in [0.2, 0.25) is 0 Å². The Kier molecular flexibility index (Phi) is 5.75. The zero-order valence-corrected chi connectivity index (χ0v) is 13.1. The molecular formula is C16H20FN3S. The number of hydrogen-bond acceptors (Lipinski definition) is 2. The van der Waals surface area contributed by atoms with Crippen LogP contribution in [-0.4, -0.2) is 19.6 Å². The average Bonchev–Trinajstić information content (AvgIpc) is 2.99. The lowest BCUT2D eigenvalue weighted by Gasteiger charge is -2.12. The molecule has 2 rings (SSSR count). The molecule has 112 valence electrons. The molecule has 0 radical (unpaired) electrons. The smallest absolute Gasteiger partial charge is 0.191 e. The molecule has 2 aromatic rings. The molecular weight excluding hydrogens is 285 g/mol. The summed E-state index contributed by atoms with van der Waals surface area (Å²) in [5.41, 5.74) is 1.57. The van der Waals surface area contributed by atoms with E-state index >= 15 is 0 Å². The first kappa shape index (κ1) is 15.5. The second kappa shape index (κ2) is 7.78. The first-order chi connectivity index (χ1) is 10.2. The number of nitrogens with one attached hydrogen (secondary N) is 2. The maximum Gasteiger partial charge on any atom is 0.191 e. The van der Waals surface area contributed by atoms with Gasteiger partial charge in [-0.25, -0.2) is 4.39 Å². The largest absolute Gasteiger partial charge is 0.356 e. The molecule has 1 aromatic heterocycles. The van der Waals surface area contributed by atoms with Crippen LogP contribution in [-0.2, 0) is 13.0 Å². The van der Waals surface area contributed by atoms with Crippen molar-refractivity contribution in [3.63, 3.8) is 0 Å². The first-order valence-corrected chi connectivity index (χ1v) is 7.79. The Labute approximate surface area is 128 Å². The molecule has 0 aliphatic rings. The number of guanidine groups is 1. The molecule has 0 aliphatic carbocycles. The van der Waals surface area contributed by atoms with Crippen LogP contribution in [0.25, 0.3) is 0 Å². The summed E-state index contributed by atoms with van der Waals surface area (Å²) in [5, 5.41) is 8.52. The third-order valence-electron chi connectivity index (χ3n) is 3.16. The summed E-state index contributed by atoms with van der Waals surface area (Å²) in [4.78, 5) is 5.51. The molecule has 1 heterocycles. The lowest BCUT2D eigenvalue weighted by molar-refractivity contribution is 0.615. The van der Waals surface area contributed by atoms with E-state index < -0.39 is 0 Å². The van der Waals surface area contributed by atoms with Crippen molar-refractivity contribution in [2.45, 2.75) is 19.9 Å². The number of rotatable bonds is 5. The van der Waals surface area contributed by atoms with Crippen LogP contribution in [0.15, 0.2) is 40.7 Å². The van der Waals surface area contributed by atoms with Gasteiger partial charge in [-0.2, -0.15) is 0 Å². The van der Waals surface area contributed by atoms with Gasteiger partial charge in [0.15, 0.2) is 5.96 Å². The fraction of sp³-hybridized carbons (Fsp3) is 0.312. The Morgan fingerprint density at radius 2 is 2.14 bits per heavy atom. The predicted molar refractivity (Wildman–Crippen MR) is 87.4 cm³/mol. The molecule has 0 unspecified atom stereocenters. The number of halogens is 1. The van der Waals surface area contributed by atoms with Crippen molar-refractivity contribution >= 4 is 17.3 Å². The van der Waals surface area contributed by atoms with E-state index in [9.17, 15) is 4.39 Å². The summed E-state index contributed by atoms with van der Waals surface area (Å²) >= 11 is 1.75. The monoisotopic (exact) mass is 305 g/mol. The molecule has 0 aliphatic heterocycles. The van der Waals surface area contributed by atoms with Crippen LogP contribution in [0, 0.1) is 12.7 Å². The predicted octanol–water partition coefficient (Wildman–Crippen LogP) is 3.10. The minimum atomic E-state index is -0.171. The molecule has 21 heavy (non-hydrogen) atoms. The summed E-state index contributed by atoms with van der Waals surface area (Å²) < 4.78 is 13.5. The number of benzene rings is 1. The zero-order chi connectivity index (χ0) is 15.1. The topological polar surface area (TPSA) is 36.4 Å². The Morgan fingerprint density at radius 3 is 2.81 bits per heavy atom. The Hall–Kier alpha value is -1.88. The second-order valence-corrected chi connectivity index (χ2v) is 5.80. The summed E-state index contributed by atoms with van der Waals surface area (Å²) in [6.07, 6.45) is 0.970. The molecule has 0 bridgehead atoms. The van der Waals surface area contributed by atoms with E-state index in [1.807, 2.05) is 6.07 Å². The quantitative estimate of drug-likeness (QED) is 0.658. The third-order valence-corrected chi connectivity index (χ3v) is 4.10. The normalized spacial score (nSPS) is 11.5. The Morgan fingerprint density at radius 1 is 1.29 bits per heavy atom. The lowest BCUT2D eigenvalue weighted by atomic mass is 10.1. The molecule has 0 spiro atoms. The van der Waals surface area contributed by atoms with Crippen LogP contribution in [0.5, 0.6) is 0 Å². The highest BCUT2D eigenvalue weighted by Crippen LogP contribution is 2.09. The van der Waals surface area contributed by atoms with Crippen molar-refractivity contribution < 1.29 is 4.39 Å². The van der Waals surface area contributed by atoms with E-state index in [1.165, 1.54) is 4.88 Å². The lowest BCUT2D eigenvalue weighted by Crippen LogP contribution is -2.37. The van der Waals surface area contributed by atoms with Gasteiger partial charge in [-0.05, 0) is 42.0 Å². The van der Waals surface area contributed by atoms with Gasteiger partial charge in [0.1, 0.15) is 5.82 Å². The number of aryl methyl sites for hydroxylation is 1. The van der Waals surface area contributed by atoms with Crippen LogP contribution in [0.4, 0.5) is 4.39 Å². The summed E-state index contributed by atoms with van der Waals surface area (Å²) in [5.74, 6) is 0.558. The van der Waals surface area contributed by atoms with Crippen molar-refractivity contribution in [2.24, 2.45) is 4.99 Å². The number of hydrogen-bond donors (Lipinski definition) is 2. The minimum absolute atomic E-state index is 0.171. The fourth-order valence-electron chi connectivity index (χ4n) is 1.91. The van der Waals surface area contributed by atoms with Crippen LogP contribution in [0.1, 0.15) is 16.0 Å². The molecule has 0 saturated carbocycles. The van der Waals surface area contributed by atoms with Gasteiger partial charge in [-0.3, -0.25) is 4.99 Å². The van der Waals surface area contributed by atoms with Gasteiger partial charge in [0.25, 0.3) is 0 Å². The molecule has 0 atom stereocenters. The average molecular weight is 305 g/mol. The van der Waals surface area contributed by atoms with Crippen LogP contribution < -0.4 is 10.6 Å². The van der Waals surface area contributed by atoms with Crippen LogP contribution in [0.2, 0.25) is 0 Å². The minimum Gasteiger partial charge on any atom is -0.356 e. The molecule has 1 aromatic carbocycles. The number of nitrogens with zero attached hydrogens (tertiary/aromatic N) is 1. The molecule has 0 amide bonds. The number of aliphatic imine (C=N–C) groups is 1. The summed E-state index contributed by atoms with van der Waals surface area (Å²) in [7, 11) is 1.73.